The van der Waals surface area contributed by atoms with E-state index in [0.717, 1.165) is 12.0 Å². The molecule has 1 aromatic carbocycles. The third kappa shape index (κ3) is 5.51. The van der Waals surface area contributed by atoms with Crippen LogP contribution in [0.3, 0.4) is 0 Å². The smallest absolute Gasteiger partial charge is 0.269 e. The molecule has 0 heterocycles. The van der Waals surface area contributed by atoms with Crippen LogP contribution in [0, 0.1) is 16.0 Å². The SMILES string of the molecule is CC(C)C(N)CCN(C)C(=O)Cc1ccc([N+](=O)[O-])cc1. The lowest BCUT2D eigenvalue weighted by Gasteiger charge is -2.21. The predicted molar refractivity (Wildman–Crippen MR) is 81.9 cm³/mol. The quantitative estimate of drug-likeness (QED) is 0.614. The first-order valence-electron chi connectivity index (χ1n) is 7.04. The molecule has 6 nitrogen and oxygen atoms in total. The normalized spacial score (nSPS) is 12.2. The molecule has 1 amide bonds. The molecule has 116 valence electrons. The first-order valence-corrected chi connectivity index (χ1v) is 7.04. The van der Waals surface area contributed by atoms with Crippen LogP contribution in [0.25, 0.3) is 0 Å². The lowest BCUT2D eigenvalue weighted by Crippen LogP contribution is -2.35. The van der Waals surface area contributed by atoms with Crippen LogP contribution in [0.15, 0.2) is 24.3 Å². The van der Waals surface area contributed by atoms with Crippen LogP contribution in [0.1, 0.15) is 25.8 Å². The summed E-state index contributed by atoms with van der Waals surface area (Å²) in [6.45, 7) is 4.73. The van der Waals surface area contributed by atoms with Gasteiger partial charge in [0.05, 0.1) is 11.3 Å². The fraction of sp³-hybridized carbons (Fsp3) is 0.533. The molecule has 0 saturated carbocycles. The minimum absolute atomic E-state index is 0.0141. The number of nitrogens with zero attached hydrogens (tertiary/aromatic N) is 2. The Balaban J connectivity index is 2.50. The summed E-state index contributed by atoms with van der Waals surface area (Å²) in [5.74, 6) is 0.378. The van der Waals surface area contributed by atoms with Gasteiger partial charge < -0.3 is 10.6 Å². The van der Waals surface area contributed by atoms with Crippen molar-refractivity contribution in [3.63, 3.8) is 0 Å². The van der Waals surface area contributed by atoms with Gasteiger partial charge in [-0.3, -0.25) is 14.9 Å². The Kier molecular flexibility index (Phi) is 6.30. The zero-order valence-corrected chi connectivity index (χ0v) is 12.8. The van der Waals surface area contributed by atoms with E-state index in [9.17, 15) is 14.9 Å². The molecule has 0 aliphatic rings. The Morgan fingerprint density at radius 2 is 1.90 bits per heavy atom. The number of non-ortho nitro benzene ring substituents is 1. The van der Waals surface area contributed by atoms with E-state index < -0.39 is 4.92 Å². The number of nitro groups is 1. The fourth-order valence-electron chi connectivity index (χ4n) is 1.85. The van der Waals surface area contributed by atoms with E-state index in [4.69, 9.17) is 5.73 Å². The predicted octanol–water partition coefficient (Wildman–Crippen LogP) is 1.97. The average Bonchev–Trinajstić information content (AvgIpc) is 2.44. The van der Waals surface area contributed by atoms with Crippen molar-refractivity contribution in [2.24, 2.45) is 11.7 Å². The van der Waals surface area contributed by atoms with Gasteiger partial charge in [0.15, 0.2) is 0 Å². The highest BCUT2D eigenvalue weighted by molar-refractivity contribution is 5.78. The number of nitrogens with two attached hydrogens (primary N) is 1. The molecule has 0 spiro atoms. The summed E-state index contributed by atoms with van der Waals surface area (Å²) in [4.78, 5) is 23.8. The van der Waals surface area contributed by atoms with E-state index in [0.29, 0.717) is 12.5 Å². The van der Waals surface area contributed by atoms with E-state index in [2.05, 4.69) is 13.8 Å². The van der Waals surface area contributed by atoms with Crippen molar-refractivity contribution in [1.29, 1.82) is 0 Å². The van der Waals surface area contributed by atoms with Crippen molar-refractivity contribution < 1.29 is 9.72 Å². The summed E-state index contributed by atoms with van der Waals surface area (Å²) in [7, 11) is 1.75. The molecule has 0 radical (unpaired) electrons. The summed E-state index contributed by atoms with van der Waals surface area (Å²) in [5, 5.41) is 10.6. The van der Waals surface area contributed by atoms with E-state index in [1.165, 1.54) is 12.1 Å². The highest BCUT2D eigenvalue weighted by Crippen LogP contribution is 2.13. The molecule has 1 aromatic rings. The van der Waals surface area contributed by atoms with Crippen LogP contribution < -0.4 is 5.73 Å². The lowest BCUT2D eigenvalue weighted by molar-refractivity contribution is -0.384. The molecule has 1 unspecified atom stereocenters. The summed E-state index contributed by atoms with van der Waals surface area (Å²) in [6, 6.07) is 6.14. The molecular formula is C15H23N3O3. The van der Waals surface area contributed by atoms with Gasteiger partial charge in [-0.25, -0.2) is 0 Å². The minimum Gasteiger partial charge on any atom is -0.345 e. The van der Waals surface area contributed by atoms with Gasteiger partial charge in [0.25, 0.3) is 5.69 Å². The average molecular weight is 293 g/mol. The highest BCUT2D eigenvalue weighted by Gasteiger charge is 2.14. The van der Waals surface area contributed by atoms with Gasteiger partial charge in [0.2, 0.25) is 5.91 Å². The van der Waals surface area contributed by atoms with E-state index in [1.54, 1.807) is 24.1 Å². The monoisotopic (exact) mass is 293 g/mol. The highest BCUT2D eigenvalue weighted by atomic mass is 16.6. The summed E-state index contributed by atoms with van der Waals surface area (Å²) < 4.78 is 0. The van der Waals surface area contributed by atoms with Crippen molar-refractivity contribution in [2.75, 3.05) is 13.6 Å². The number of nitro benzene ring substituents is 1. The Morgan fingerprint density at radius 1 is 1.33 bits per heavy atom. The number of benzene rings is 1. The molecule has 0 aliphatic heterocycles. The molecule has 21 heavy (non-hydrogen) atoms. The third-order valence-corrected chi connectivity index (χ3v) is 3.58. The lowest BCUT2D eigenvalue weighted by atomic mass is 10.0. The van der Waals surface area contributed by atoms with Gasteiger partial charge in [-0.05, 0) is 17.9 Å². The molecule has 0 saturated heterocycles. The maximum absolute atomic E-state index is 12.1. The second-order valence-electron chi connectivity index (χ2n) is 5.61. The Labute approximate surface area is 125 Å². The summed E-state index contributed by atoms with van der Waals surface area (Å²) in [5.41, 5.74) is 6.76. The Morgan fingerprint density at radius 3 is 2.38 bits per heavy atom. The second-order valence-corrected chi connectivity index (χ2v) is 5.61. The van der Waals surface area contributed by atoms with E-state index in [-0.39, 0.29) is 24.1 Å². The van der Waals surface area contributed by atoms with Gasteiger partial charge >= 0.3 is 0 Å². The summed E-state index contributed by atoms with van der Waals surface area (Å²) in [6.07, 6.45) is 1.01. The number of hydrogen-bond acceptors (Lipinski definition) is 4. The zero-order chi connectivity index (χ0) is 16.0. The van der Waals surface area contributed by atoms with Crippen LogP contribution in [0.2, 0.25) is 0 Å². The Hall–Kier alpha value is -1.95. The van der Waals surface area contributed by atoms with Crippen LogP contribution in [0.5, 0.6) is 0 Å². The van der Waals surface area contributed by atoms with Gasteiger partial charge in [0, 0.05) is 31.8 Å². The van der Waals surface area contributed by atoms with Crippen molar-refractivity contribution in [3.05, 3.63) is 39.9 Å². The minimum atomic E-state index is -0.453. The largest absolute Gasteiger partial charge is 0.345 e. The molecule has 0 bridgehead atoms. The molecule has 1 rings (SSSR count). The van der Waals surface area contributed by atoms with Gasteiger partial charge in [-0.1, -0.05) is 26.0 Å². The molecule has 0 fully saturated rings. The molecule has 2 N–H and O–H groups in total. The van der Waals surface area contributed by atoms with Gasteiger partial charge in [-0.15, -0.1) is 0 Å². The first-order chi connectivity index (χ1) is 9.81. The first kappa shape index (κ1) is 17.1. The molecule has 0 aromatic heterocycles. The molecule has 6 heteroatoms. The summed E-state index contributed by atoms with van der Waals surface area (Å²) >= 11 is 0. The molecular weight excluding hydrogens is 270 g/mol. The molecule has 0 aliphatic carbocycles. The topological polar surface area (TPSA) is 89.5 Å². The van der Waals surface area contributed by atoms with Crippen LogP contribution in [-0.4, -0.2) is 35.4 Å². The second kappa shape index (κ2) is 7.73. The van der Waals surface area contributed by atoms with Crippen molar-refractivity contribution in [2.45, 2.75) is 32.7 Å². The zero-order valence-electron chi connectivity index (χ0n) is 12.8. The Bertz CT molecular complexity index is 485. The third-order valence-electron chi connectivity index (χ3n) is 3.58. The van der Waals surface area contributed by atoms with Crippen LogP contribution in [-0.2, 0) is 11.2 Å². The van der Waals surface area contributed by atoms with Crippen molar-refractivity contribution >= 4 is 11.6 Å². The van der Waals surface area contributed by atoms with Crippen LogP contribution in [0.4, 0.5) is 5.69 Å². The molecule has 1 atom stereocenters. The number of rotatable bonds is 7. The van der Waals surface area contributed by atoms with Crippen molar-refractivity contribution in [3.8, 4) is 0 Å². The fourth-order valence-corrected chi connectivity index (χ4v) is 1.85. The maximum Gasteiger partial charge on any atom is 0.269 e. The van der Waals surface area contributed by atoms with E-state index in [1.807, 2.05) is 0 Å². The number of carbonyl (C=O) groups is 1. The number of likely N-dealkylation sites (N-methyl/N-ethyl adjacent to an activating group) is 1. The number of carbonyl (C=O) groups excluding carboxylic acids is 1. The van der Waals surface area contributed by atoms with Crippen molar-refractivity contribution in [1.82, 2.24) is 4.90 Å². The van der Waals surface area contributed by atoms with Crippen LogP contribution >= 0.6 is 0 Å². The standard InChI is InChI=1S/C15H23N3O3/c1-11(2)14(16)8-9-17(3)15(19)10-12-4-6-13(7-5-12)18(20)21/h4-7,11,14H,8-10,16H2,1-3H3. The van der Waals surface area contributed by atoms with Gasteiger partial charge in [-0.2, -0.15) is 0 Å². The number of amides is 1. The van der Waals surface area contributed by atoms with E-state index >= 15 is 0 Å². The maximum atomic E-state index is 12.1. The van der Waals surface area contributed by atoms with Gasteiger partial charge in [0.1, 0.15) is 0 Å². The number of hydrogen-bond donors (Lipinski definition) is 1.